The van der Waals surface area contributed by atoms with E-state index in [-0.39, 0.29) is 18.0 Å². The van der Waals surface area contributed by atoms with Crippen LogP contribution in [0, 0.1) is 0 Å². The molecule has 2 bridgehead atoms. The summed E-state index contributed by atoms with van der Waals surface area (Å²) in [5, 5.41) is 0. The zero-order chi connectivity index (χ0) is 9.42. The quantitative estimate of drug-likeness (QED) is 0.602. The molecule has 2 aliphatic rings. The van der Waals surface area contributed by atoms with Gasteiger partial charge in [-0.05, 0) is 12.8 Å². The van der Waals surface area contributed by atoms with Gasteiger partial charge < -0.3 is 4.90 Å². The molecule has 0 spiro atoms. The van der Waals surface area contributed by atoms with Crippen LogP contribution in [0.2, 0.25) is 0 Å². The lowest BCUT2D eigenvalue weighted by Gasteiger charge is -2.21. The lowest BCUT2D eigenvalue weighted by molar-refractivity contribution is -0.128. The van der Waals surface area contributed by atoms with Gasteiger partial charge in [-0.2, -0.15) is 0 Å². The Kier molecular flexibility index (Phi) is 1.98. The first kappa shape index (κ1) is 8.53. The van der Waals surface area contributed by atoms with E-state index < -0.39 is 0 Å². The number of nitrogens with zero attached hydrogens (tertiary/aromatic N) is 2. The number of amides is 3. The van der Waals surface area contributed by atoms with E-state index in [0.717, 1.165) is 25.9 Å². The third-order valence-corrected chi connectivity index (χ3v) is 2.81. The molecule has 0 radical (unpaired) electrons. The van der Waals surface area contributed by atoms with Crippen molar-refractivity contribution in [2.24, 2.45) is 0 Å². The van der Waals surface area contributed by atoms with Gasteiger partial charge in [-0.25, -0.2) is 4.79 Å². The fourth-order valence-corrected chi connectivity index (χ4v) is 2.13. The zero-order valence-electron chi connectivity index (χ0n) is 7.82. The molecule has 3 amide bonds. The van der Waals surface area contributed by atoms with E-state index in [2.05, 4.69) is 0 Å². The number of fused-ring (bicyclic) bond motifs is 2. The van der Waals surface area contributed by atoms with Crippen LogP contribution in [0.4, 0.5) is 4.79 Å². The Balaban J connectivity index is 2.19. The smallest absolute Gasteiger partial charge is 0.322 e. The van der Waals surface area contributed by atoms with Crippen molar-refractivity contribution in [3.8, 4) is 0 Å². The average molecular weight is 182 g/mol. The van der Waals surface area contributed by atoms with Crippen LogP contribution in [-0.4, -0.2) is 40.9 Å². The molecule has 4 heteroatoms. The molecule has 0 N–H and O–H groups in total. The molecule has 2 saturated heterocycles. The van der Waals surface area contributed by atoms with Gasteiger partial charge in [0.25, 0.3) is 0 Å². The number of hydrogen-bond donors (Lipinski definition) is 0. The molecule has 1 unspecified atom stereocenters. The highest BCUT2D eigenvalue weighted by molar-refractivity contribution is 5.96. The summed E-state index contributed by atoms with van der Waals surface area (Å²) in [5.41, 5.74) is 0. The number of urea groups is 1. The molecule has 0 aromatic rings. The van der Waals surface area contributed by atoms with Crippen LogP contribution < -0.4 is 0 Å². The minimum absolute atomic E-state index is 0.0283. The number of imide groups is 1. The molecular formula is C9H14N2O2. The van der Waals surface area contributed by atoms with E-state index in [4.69, 9.17) is 0 Å². The van der Waals surface area contributed by atoms with E-state index in [9.17, 15) is 9.59 Å². The van der Waals surface area contributed by atoms with Crippen molar-refractivity contribution >= 4 is 11.9 Å². The second-order valence-electron chi connectivity index (χ2n) is 3.64. The molecule has 72 valence electrons. The summed E-state index contributed by atoms with van der Waals surface area (Å²) in [6.45, 7) is 3.38. The standard InChI is InChI=1S/C9H14N2O2/c1-2-8(12)11-7-4-3-5-10(6-7)9(11)13/h7H,2-6H2,1H3. The highest BCUT2D eigenvalue weighted by Gasteiger charge is 2.42. The molecule has 0 aromatic heterocycles. The number of carbonyl (C=O) groups excluding carboxylic acids is 2. The maximum absolute atomic E-state index is 11.6. The van der Waals surface area contributed by atoms with Crippen LogP contribution in [0.1, 0.15) is 26.2 Å². The van der Waals surface area contributed by atoms with Gasteiger partial charge in [-0.15, -0.1) is 0 Å². The Bertz CT molecular complexity index is 252. The summed E-state index contributed by atoms with van der Waals surface area (Å²) in [6.07, 6.45) is 2.44. The molecule has 13 heavy (non-hydrogen) atoms. The van der Waals surface area contributed by atoms with Gasteiger partial charge in [0.1, 0.15) is 0 Å². The predicted molar refractivity (Wildman–Crippen MR) is 47.1 cm³/mol. The van der Waals surface area contributed by atoms with Crippen LogP contribution in [0.25, 0.3) is 0 Å². The van der Waals surface area contributed by atoms with Crippen molar-refractivity contribution in [3.05, 3.63) is 0 Å². The lowest BCUT2D eigenvalue weighted by atomic mass is 10.1. The van der Waals surface area contributed by atoms with E-state index >= 15 is 0 Å². The molecular weight excluding hydrogens is 168 g/mol. The average Bonchev–Trinajstić information content (AvgIpc) is 2.38. The van der Waals surface area contributed by atoms with Crippen molar-refractivity contribution in [1.82, 2.24) is 9.80 Å². The lowest BCUT2D eigenvalue weighted by Crippen LogP contribution is -2.38. The van der Waals surface area contributed by atoms with Gasteiger partial charge >= 0.3 is 6.03 Å². The van der Waals surface area contributed by atoms with Crippen molar-refractivity contribution in [2.45, 2.75) is 32.2 Å². The van der Waals surface area contributed by atoms with Gasteiger partial charge in [0, 0.05) is 19.5 Å². The molecule has 4 nitrogen and oxygen atoms in total. The summed E-state index contributed by atoms with van der Waals surface area (Å²) >= 11 is 0. The maximum atomic E-state index is 11.6. The van der Waals surface area contributed by atoms with Crippen molar-refractivity contribution in [2.75, 3.05) is 13.1 Å². The fraction of sp³-hybridized carbons (Fsp3) is 0.778. The molecule has 2 aliphatic heterocycles. The summed E-state index contributed by atoms with van der Waals surface area (Å²) in [6, 6.07) is 0.0862. The van der Waals surface area contributed by atoms with E-state index in [0.29, 0.717) is 6.42 Å². The Labute approximate surface area is 77.5 Å². The third-order valence-electron chi connectivity index (χ3n) is 2.81. The maximum Gasteiger partial charge on any atom is 0.327 e. The van der Waals surface area contributed by atoms with Crippen molar-refractivity contribution in [3.63, 3.8) is 0 Å². The third kappa shape index (κ3) is 1.20. The number of hydrogen-bond acceptors (Lipinski definition) is 2. The predicted octanol–water partition coefficient (Wildman–Crippen LogP) is 0.823. The van der Waals surface area contributed by atoms with Crippen LogP contribution in [-0.2, 0) is 4.79 Å². The topological polar surface area (TPSA) is 40.6 Å². The minimum Gasteiger partial charge on any atom is -0.322 e. The molecule has 0 aromatic carbocycles. The summed E-state index contributed by atoms with van der Waals surface area (Å²) in [7, 11) is 0. The van der Waals surface area contributed by atoms with Crippen LogP contribution in [0.15, 0.2) is 0 Å². The summed E-state index contributed by atoms with van der Waals surface area (Å²) < 4.78 is 0. The SMILES string of the molecule is CCC(=O)N1C(=O)N2CCCC1C2. The van der Waals surface area contributed by atoms with Crippen LogP contribution >= 0.6 is 0 Å². The molecule has 2 heterocycles. The normalized spacial score (nSPS) is 26.8. The van der Waals surface area contributed by atoms with Gasteiger partial charge in [0.05, 0.1) is 6.04 Å². The Morgan fingerprint density at radius 3 is 3.00 bits per heavy atom. The minimum atomic E-state index is -0.0747. The number of rotatable bonds is 1. The summed E-state index contributed by atoms with van der Waals surface area (Å²) in [4.78, 5) is 26.3. The van der Waals surface area contributed by atoms with E-state index in [1.165, 1.54) is 4.90 Å². The largest absolute Gasteiger partial charge is 0.327 e. The monoisotopic (exact) mass is 182 g/mol. The Morgan fingerprint density at radius 1 is 1.62 bits per heavy atom. The van der Waals surface area contributed by atoms with Crippen molar-refractivity contribution < 1.29 is 9.59 Å². The van der Waals surface area contributed by atoms with E-state index in [1.54, 1.807) is 11.8 Å². The zero-order valence-corrected chi connectivity index (χ0v) is 7.82. The van der Waals surface area contributed by atoms with Crippen LogP contribution in [0.5, 0.6) is 0 Å². The Hall–Kier alpha value is -1.06. The highest BCUT2D eigenvalue weighted by atomic mass is 16.2. The molecule has 2 fully saturated rings. The van der Waals surface area contributed by atoms with Gasteiger partial charge in [-0.1, -0.05) is 6.92 Å². The van der Waals surface area contributed by atoms with Gasteiger partial charge in [0.2, 0.25) is 5.91 Å². The molecule has 1 atom stereocenters. The highest BCUT2D eigenvalue weighted by Crippen LogP contribution is 2.25. The molecule has 2 rings (SSSR count). The summed E-state index contributed by atoms with van der Waals surface area (Å²) in [5.74, 6) is -0.0283. The first-order valence-electron chi connectivity index (χ1n) is 4.85. The first-order valence-corrected chi connectivity index (χ1v) is 4.85. The second-order valence-corrected chi connectivity index (χ2v) is 3.64. The van der Waals surface area contributed by atoms with Crippen LogP contribution in [0.3, 0.4) is 0 Å². The second kappa shape index (κ2) is 3.01. The first-order chi connectivity index (χ1) is 6.24. The number of carbonyl (C=O) groups is 2. The Morgan fingerprint density at radius 2 is 2.38 bits per heavy atom. The number of piperidine rings is 1. The van der Waals surface area contributed by atoms with Crippen molar-refractivity contribution in [1.29, 1.82) is 0 Å². The molecule has 0 saturated carbocycles. The fourth-order valence-electron chi connectivity index (χ4n) is 2.13. The van der Waals surface area contributed by atoms with E-state index in [1.807, 2.05) is 0 Å². The van der Waals surface area contributed by atoms with Gasteiger partial charge in [-0.3, -0.25) is 9.69 Å². The molecule has 0 aliphatic carbocycles. The van der Waals surface area contributed by atoms with Gasteiger partial charge in [0.15, 0.2) is 0 Å².